The molecule has 11 nitrogen and oxygen atoms in total. The van der Waals surface area contributed by atoms with Crippen LogP contribution in [0, 0.1) is 0 Å². The number of aromatic nitrogens is 2. The van der Waals surface area contributed by atoms with Crippen LogP contribution in [0.5, 0.6) is 11.5 Å². The van der Waals surface area contributed by atoms with Crippen molar-refractivity contribution in [2.45, 2.75) is 33.0 Å². The van der Waals surface area contributed by atoms with Crippen molar-refractivity contribution in [2.75, 3.05) is 13.2 Å². The van der Waals surface area contributed by atoms with Crippen LogP contribution in [0.2, 0.25) is 0 Å². The number of rotatable bonds is 10. The molecule has 2 heterocycles. The van der Waals surface area contributed by atoms with E-state index in [0.29, 0.717) is 35.6 Å². The monoisotopic (exact) mass is 522 g/mol. The van der Waals surface area contributed by atoms with E-state index < -0.39 is 28.9 Å². The molecule has 2 aromatic heterocycles. The number of benzene rings is 2. The predicted molar refractivity (Wildman–Crippen MR) is 139 cm³/mol. The minimum atomic E-state index is -1.32. The zero-order chi connectivity index (χ0) is 27.6. The van der Waals surface area contributed by atoms with E-state index in [1.165, 1.54) is 24.5 Å². The van der Waals surface area contributed by atoms with Gasteiger partial charge < -0.3 is 33.9 Å². The Morgan fingerprint density at radius 3 is 1.50 bits per heavy atom. The van der Waals surface area contributed by atoms with Gasteiger partial charge in [0.1, 0.15) is 41.9 Å². The van der Waals surface area contributed by atoms with Crippen LogP contribution >= 0.6 is 0 Å². The average molecular weight is 523 g/mol. The van der Waals surface area contributed by atoms with E-state index in [1.54, 1.807) is 47.2 Å². The van der Waals surface area contributed by atoms with Crippen molar-refractivity contribution in [1.29, 1.82) is 0 Å². The summed E-state index contributed by atoms with van der Waals surface area (Å²) in [5.74, 6) is -2.05. The number of nitrogens with zero attached hydrogens (tertiary/aromatic N) is 2. The highest BCUT2D eigenvalue weighted by molar-refractivity contribution is 5.95. The molecule has 0 aliphatic rings. The number of aryl methyl sites for hydroxylation is 2. The molecule has 11 heteroatoms. The molecular weight excluding hydrogens is 496 g/mol. The summed E-state index contributed by atoms with van der Waals surface area (Å²) >= 11 is 0. The number of hydrogen-bond donors (Lipinski definition) is 3. The molecule has 0 unspecified atom stereocenters. The third-order valence-electron chi connectivity index (χ3n) is 6.13. The highest BCUT2D eigenvalue weighted by atomic mass is 16.5. The lowest BCUT2D eigenvalue weighted by atomic mass is 10.1. The second-order valence-electron chi connectivity index (χ2n) is 8.51. The topological polar surface area (TPSA) is 157 Å². The second-order valence-corrected chi connectivity index (χ2v) is 8.51. The van der Waals surface area contributed by atoms with E-state index in [2.05, 4.69) is 0 Å². The van der Waals surface area contributed by atoms with Gasteiger partial charge in [0.2, 0.25) is 10.9 Å². The number of para-hydroxylation sites is 2. The van der Waals surface area contributed by atoms with Gasteiger partial charge in [0.05, 0.1) is 21.8 Å². The summed E-state index contributed by atoms with van der Waals surface area (Å²) in [5.41, 5.74) is -1.13. The Labute approximate surface area is 215 Å². The molecule has 0 amide bonds. The summed E-state index contributed by atoms with van der Waals surface area (Å²) in [6.07, 6.45) is 1.42. The van der Waals surface area contributed by atoms with Gasteiger partial charge in [-0.25, -0.2) is 9.59 Å². The smallest absolute Gasteiger partial charge is 0.341 e. The lowest BCUT2D eigenvalue weighted by Gasteiger charge is -2.18. The molecule has 38 heavy (non-hydrogen) atoms. The number of ether oxygens (including phenoxy) is 2. The fourth-order valence-electron chi connectivity index (χ4n) is 4.31. The molecule has 0 radical (unpaired) electrons. The molecular formula is C27H26N2O9. The largest absolute Gasteiger partial charge is 0.489 e. The molecule has 0 atom stereocenters. The maximum absolute atomic E-state index is 12.7. The molecule has 0 spiro atoms. The summed E-state index contributed by atoms with van der Waals surface area (Å²) in [4.78, 5) is 48.3. The molecule has 0 aliphatic carbocycles. The maximum atomic E-state index is 12.7. The lowest BCUT2D eigenvalue weighted by molar-refractivity contribution is 0.0634. The fourth-order valence-corrected chi connectivity index (χ4v) is 4.31. The van der Waals surface area contributed by atoms with Crippen molar-refractivity contribution in [3.05, 3.63) is 80.4 Å². The van der Waals surface area contributed by atoms with E-state index in [9.17, 15) is 34.5 Å². The Balaban J connectivity index is 1.57. The minimum Gasteiger partial charge on any atom is -0.489 e. The predicted octanol–water partition coefficient (Wildman–Crippen LogP) is 2.57. The molecule has 4 aromatic rings. The van der Waals surface area contributed by atoms with Gasteiger partial charge in [-0.2, -0.15) is 0 Å². The van der Waals surface area contributed by atoms with Crippen molar-refractivity contribution in [1.82, 2.24) is 9.13 Å². The molecule has 3 N–H and O–H groups in total. The van der Waals surface area contributed by atoms with Crippen molar-refractivity contribution in [3.8, 4) is 11.5 Å². The van der Waals surface area contributed by atoms with Crippen LogP contribution in [-0.4, -0.2) is 55.7 Å². The third-order valence-corrected chi connectivity index (χ3v) is 6.13. The molecule has 0 aliphatic heterocycles. The summed E-state index contributed by atoms with van der Waals surface area (Å²) in [5, 5.41) is 29.7. The highest BCUT2D eigenvalue weighted by Gasteiger charge is 2.19. The lowest BCUT2D eigenvalue weighted by Crippen LogP contribution is -2.26. The quantitative estimate of drug-likeness (QED) is 0.285. The molecule has 0 fully saturated rings. The number of fused-ring (bicyclic) bond motifs is 2. The van der Waals surface area contributed by atoms with Gasteiger partial charge >= 0.3 is 11.9 Å². The normalized spacial score (nSPS) is 11.3. The van der Waals surface area contributed by atoms with Crippen molar-refractivity contribution in [3.63, 3.8) is 0 Å². The summed E-state index contributed by atoms with van der Waals surface area (Å²) in [6, 6.07) is 9.41. The van der Waals surface area contributed by atoms with Gasteiger partial charge in [0.25, 0.3) is 0 Å². The Bertz CT molecular complexity index is 1550. The highest BCUT2D eigenvalue weighted by Crippen LogP contribution is 2.26. The van der Waals surface area contributed by atoms with Gasteiger partial charge in [-0.15, -0.1) is 0 Å². The number of carbonyl (C=O) groups is 2. The van der Waals surface area contributed by atoms with Gasteiger partial charge in [-0.3, -0.25) is 9.59 Å². The van der Waals surface area contributed by atoms with E-state index in [0.717, 1.165) is 0 Å². The number of carboxylic acids is 2. The molecule has 0 bridgehead atoms. The summed E-state index contributed by atoms with van der Waals surface area (Å²) < 4.78 is 14.8. The van der Waals surface area contributed by atoms with E-state index in [-0.39, 0.29) is 35.1 Å². The molecule has 198 valence electrons. The third kappa shape index (κ3) is 4.83. The van der Waals surface area contributed by atoms with Crippen LogP contribution in [0.15, 0.2) is 58.4 Å². The van der Waals surface area contributed by atoms with Crippen LogP contribution < -0.4 is 20.3 Å². The molecule has 4 rings (SSSR count). The zero-order valence-electron chi connectivity index (χ0n) is 20.7. The van der Waals surface area contributed by atoms with Gasteiger partial charge in [-0.05, 0) is 38.1 Å². The average Bonchev–Trinajstić information content (AvgIpc) is 2.91. The fraction of sp³-hybridized carbons (Fsp3) is 0.259. The van der Waals surface area contributed by atoms with Crippen molar-refractivity contribution >= 4 is 33.7 Å². The number of aliphatic hydroxyl groups is 1. The SMILES string of the molecule is CCn1cc(C(=O)O)c(=O)c2cccc(OCC(O)COc3cccc4c(=O)c(C(=O)O)cn(CC)c34)c21. The number of hydrogen-bond acceptors (Lipinski definition) is 7. The first-order valence-electron chi connectivity index (χ1n) is 11.9. The van der Waals surface area contributed by atoms with E-state index in [4.69, 9.17) is 9.47 Å². The Morgan fingerprint density at radius 1 is 0.763 bits per heavy atom. The summed E-state index contributed by atoms with van der Waals surface area (Å²) in [7, 11) is 0. The van der Waals surface area contributed by atoms with Crippen molar-refractivity contribution in [2.24, 2.45) is 0 Å². The Kier molecular flexibility index (Phi) is 7.49. The minimum absolute atomic E-state index is 0.184. The van der Waals surface area contributed by atoms with Gasteiger partial charge in [0, 0.05) is 25.5 Å². The first-order valence-corrected chi connectivity index (χ1v) is 11.9. The first kappa shape index (κ1) is 26.4. The number of pyridine rings is 2. The van der Waals surface area contributed by atoms with Gasteiger partial charge in [0.15, 0.2) is 0 Å². The van der Waals surface area contributed by atoms with Crippen LogP contribution in [0.25, 0.3) is 21.8 Å². The van der Waals surface area contributed by atoms with Crippen LogP contribution in [-0.2, 0) is 13.1 Å². The van der Waals surface area contributed by atoms with Gasteiger partial charge in [-0.1, -0.05) is 12.1 Å². The molecule has 0 saturated heterocycles. The van der Waals surface area contributed by atoms with Crippen LogP contribution in [0.4, 0.5) is 0 Å². The Morgan fingerprint density at radius 2 is 1.16 bits per heavy atom. The second kappa shape index (κ2) is 10.8. The molecule has 2 aromatic carbocycles. The van der Waals surface area contributed by atoms with E-state index >= 15 is 0 Å². The number of carboxylic acid groups (broad SMARTS) is 2. The van der Waals surface area contributed by atoms with Crippen LogP contribution in [0.1, 0.15) is 34.6 Å². The number of aliphatic hydroxyl groups excluding tert-OH is 1. The zero-order valence-corrected chi connectivity index (χ0v) is 20.7. The first-order chi connectivity index (χ1) is 18.2. The maximum Gasteiger partial charge on any atom is 0.341 e. The van der Waals surface area contributed by atoms with E-state index in [1.807, 2.05) is 0 Å². The van der Waals surface area contributed by atoms with Crippen molar-refractivity contribution < 1.29 is 34.4 Å². The Hall–Kier alpha value is -4.64. The molecule has 0 saturated carbocycles. The number of aromatic carboxylic acids is 2. The summed E-state index contributed by atoms with van der Waals surface area (Å²) in [6.45, 7) is 3.96. The standard InChI is InChI=1S/C27H26N2O9/c1-3-28-11-18(26(33)34)24(31)16-7-5-9-20(22(16)28)37-13-15(30)14-38-21-10-6-8-17-23(21)29(4-2)12-19(25(17)32)27(35)36/h5-12,15,30H,3-4,13-14H2,1-2H3,(H,33,34)(H,35,36). The van der Waals surface area contributed by atoms with Crippen LogP contribution in [0.3, 0.4) is 0 Å².